The Bertz CT molecular complexity index is 264. The predicted molar refractivity (Wildman–Crippen MR) is 76.6 cm³/mol. The van der Waals surface area contributed by atoms with Crippen molar-refractivity contribution in [1.82, 2.24) is 10.2 Å². The number of nitrogens with one attached hydrogen (secondary N) is 1. The summed E-state index contributed by atoms with van der Waals surface area (Å²) >= 11 is 0. The van der Waals surface area contributed by atoms with E-state index in [1.54, 1.807) is 0 Å². The minimum absolute atomic E-state index is 0.787. The highest BCUT2D eigenvalue weighted by Gasteiger charge is 2.43. The van der Waals surface area contributed by atoms with Crippen LogP contribution in [0.1, 0.15) is 46.0 Å². The molecule has 0 bridgehead atoms. The third-order valence-electron chi connectivity index (χ3n) is 5.56. The molecule has 2 saturated carbocycles. The van der Waals surface area contributed by atoms with Crippen molar-refractivity contribution in [3.8, 4) is 0 Å². The Morgan fingerprint density at radius 3 is 2.33 bits per heavy atom. The van der Waals surface area contributed by atoms with E-state index >= 15 is 0 Å². The highest BCUT2D eigenvalue weighted by molar-refractivity contribution is 4.97. The fraction of sp³-hybridized carbons (Fsp3) is 1.00. The first kappa shape index (κ1) is 12.9. The van der Waals surface area contributed by atoms with E-state index in [1.807, 2.05) is 0 Å². The van der Waals surface area contributed by atoms with Gasteiger partial charge < -0.3 is 5.32 Å². The fourth-order valence-corrected chi connectivity index (χ4v) is 4.37. The van der Waals surface area contributed by atoms with E-state index in [0.29, 0.717) is 0 Å². The minimum atomic E-state index is 0.787. The standard InChI is InChI=1S/C16H30N2/c1-12(2)8-17-9-13-6-7-16(13)18-10-14-4-3-5-15(14)11-18/h12-17H,3-11H2,1-2H3. The van der Waals surface area contributed by atoms with Crippen LogP contribution in [0, 0.1) is 23.7 Å². The van der Waals surface area contributed by atoms with E-state index in [2.05, 4.69) is 24.1 Å². The monoisotopic (exact) mass is 250 g/mol. The molecule has 2 nitrogen and oxygen atoms in total. The van der Waals surface area contributed by atoms with Crippen molar-refractivity contribution in [2.24, 2.45) is 23.7 Å². The van der Waals surface area contributed by atoms with E-state index in [-0.39, 0.29) is 0 Å². The number of hydrogen-bond acceptors (Lipinski definition) is 2. The van der Waals surface area contributed by atoms with Gasteiger partial charge in [-0.2, -0.15) is 0 Å². The van der Waals surface area contributed by atoms with Gasteiger partial charge in [-0.15, -0.1) is 0 Å². The van der Waals surface area contributed by atoms with Crippen molar-refractivity contribution in [1.29, 1.82) is 0 Å². The quantitative estimate of drug-likeness (QED) is 0.807. The molecule has 4 unspecified atom stereocenters. The zero-order valence-electron chi connectivity index (χ0n) is 12.2. The van der Waals surface area contributed by atoms with Gasteiger partial charge in [-0.3, -0.25) is 4.90 Å². The van der Waals surface area contributed by atoms with Gasteiger partial charge in [-0.05, 0) is 62.4 Å². The van der Waals surface area contributed by atoms with Crippen LogP contribution in [0.15, 0.2) is 0 Å². The Labute approximate surface area is 113 Å². The molecule has 104 valence electrons. The molecule has 2 heteroatoms. The Morgan fingerprint density at radius 1 is 1.06 bits per heavy atom. The van der Waals surface area contributed by atoms with Crippen molar-refractivity contribution in [2.45, 2.75) is 52.0 Å². The van der Waals surface area contributed by atoms with Crippen LogP contribution in [0.5, 0.6) is 0 Å². The molecule has 1 saturated heterocycles. The second kappa shape index (κ2) is 5.50. The Morgan fingerprint density at radius 2 is 1.78 bits per heavy atom. The van der Waals surface area contributed by atoms with Gasteiger partial charge in [0.25, 0.3) is 0 Å². The summed E-state index contributed by atoms with van der Waals surface area (Å²) in [7, 11) is 0. The molecule has 0 amide bonds. The molecule has 2 aliphatic carbocycles. The third kappa shape index (κ3) is 2.60. The van der Waals surface area contributed by atoms with Crippen molar-refractivity contribution in [3.63, 3.8) is 0 Å². The van der Waals surface area contributed by atoms with Gasteiger partial charge in [-0.1, -0.05) is 20.3 Å². The summed E-state index contributed by atoms with van der Waals surface area (Å²) in [6, 6.07) is 0.926. The summed E-state index contributed by atoms with van der Waals surface area (Å²) in [6.45, 7) is 9.90. The lowest BCUT2D eigenvalue weighted by molar-refractivity contribution is 0.0749. The smallest absolute Gasteiger partial charge is 0.0136 e. The summed E-state index contributed by atoms with van der Waals surface area (Å²) in [6.07, 6.45) is 7.47. The first-order valence-corrected chi connectivity index (χ1v) is 8.19. The van der Waals surface area contributed by atoms with Crippen LogP contribution < -0.4 is 5.32 Å². The lowest BCUT2D eigenvalue weighted by Gasteiger charge is -2.43. The molecule has 3 rings (SSSR count). The summed E-state index contributed by atoms with van der Waals surface area (Å²) in [5.74, 6) is 3.86. The summed E-state index contributed by atoms with van der Waals surface area (Å²) < 4.78 is 0. The molecule has 0 aromatic carbocycles. The van der Waals surface area contributed by atoms with Gasteiger partial charge in [0.2, 0.25) is 0 Å². The molecule has 0 aromatic rings. The largest absolute Gasteiger partial charge is 0.316 e. The van der Waals surface area contributed by atoms with Gasteiger partial charge in [0.15, 0.2) is 0 Å². The fourth-order valence-electron chi connectivity index (χ4n) is 4.37. The maximum Gasteiger partial charge on any atom is 0.0136 e. The lowest BCUT2D eigenvalue weighted by atomic mass is 9.78. The highest BCUT2D eigenvalue weighted by Crippen LogP contribution is 2.42. The molecule has 3 fully saturated rings. The molecular formula is C16H30N2. The van der Waals surface area contributed by atoms with Crippen molar-refractivity contribution >= 4 is 0 Å². The Hall–Kier alpha value is -0.0800. The van der Waals surface area contributed by atoms with Crippen LogP contribution in [0.2, 0.25) is 0 Å². The van der Waals surface area contributed by atoms with Crippen LogP contribution in [-0.4, -0.2) is 37.1 Å². The average molecular weight is 250 g/mol. The number of rotatable bonds is 5. The Kier molecular flexibility index (Phi) is 3.95. The topological polar surface area (TPSA) is 15.3 Å². The first-order chi connectivity index (χ1) is 8.74. The molecule has 3 aliphatic rings. The van der Waals surface area contributed by atoms with E-state index in [1.165, 1.54) is 58.3 Å². The maximum absolute atomic E-state index is 3.66. The maximum atomic E-state index is 3.66. The van der Waals surface area contributed by atoms with E-state index in [0.717, 1.165) is 29.7 Å². The Balaban J connectivity index is 1.43. The SMILES string of the molecule is CC(C)CNCC1CCC1N1CC2CCCC2C1. The molecule has 1 aliphatic heterocycles. The second-order valence-electron chi connectivity index (χ2n) is 7.36. The number of hydrogen-bond donors (Lipinski definition) is 1. The molecule has 1 N–H and O–H groups in total. The van der Waals surface area contributed by atoms with Crippen molar-refractivity contribution in [3.05, 3.63) is 0 Å². The zero-order chi connectivity index (χ0) is 12.5. The number of nitrogens with zero attached hydrogens (tertiary/aromatic N) is 1. The van der Waals surface area contributed by atoms with Crippen LogP contribution in [-0.2, 0) is 0 Å². The summed E-state index contributed by atoms with van der Waals surface area (Å²) in [5, 5.41) is 3.66. The van der Waals surface area contributed by atoms with Crippen LogP contribution in [0.3, 0.4) is 0 Å². The predicted octanol–water partition coefficient (Wildman–Crippen LogP) is 2.74. The molecule has 0 aromatic heterocycles. The van der Waals surface area contributed by atoms with E-state index in [9.17, 15) is 0 Å². The summed E-state index contributed by atoms with van der Waals surface area (Å²) in [5.41, 5.74) is 0. The lowest BCUT2D eigenvalue weighted by Crippen LogP contribution is -2.50. The molecule has 4 atom stereocenters. The zero-order valence-corrected chi connectivity index (χ0v) is 12.2. The van der Waals surface area contributed by atoms with Gasteiger partial charge in [-0.25, -0.2) is 0 Å². The van der Waals surface area contributed by atoms with Gasteiger partial charge >= 0.3 is 0 Å². The molecule has 1 heterocycles. The minimum Gasteiger partial charge on any atom is -0.316 e. The van der Waals surface area contributed by atoms with Gasteiger partial charge in [0.05, 0.1) is 0 Å². The molecule has 0 radical (unpaired) electrons. The summed E-state index contributed by atoms with van der Waals surface area (Å²) in [4.78, 5) is 2.85. The van der Waals surface area contributed by atoms with E-state index in [4.69, 9.17) is 0 Å². The highest BCUT2D eigenvalue weighted by atomic mass is 15.2. The van der Waals surface area contributed by atoms with Gasteiger partial charge in [0, 0.05) is 19.1 Å². The first-order valence-electron chi connectivity index (χ1n) is 8.19. The van der Waals surface area contributed by atoms with Gasteiger partial charge in [0.1, 0.15) is 0 Å². The molecular weight excluding hydrogens is 220 g/mol. The second-order valence-corrected chi connectivity index (χ2v) is 7.36. The average Bonchev–Trinajstić information content (AvgIpc) is 2.82. The van der Waals surface area contributed by atoms with Crippen LogP contribution in [0.4, 0.5) is 0 Å². The van der Waals surface area contributed by atoms with Crippen LogP contribution >= 0.6 is 0 Å². The normalized spacial score (nSPS) is 40.2. The van der Waals surface area contributed by atoms with E-state index < -0.39 is 0 Å². The molecule has 18 heavy (non-hydrogen) atoms. The van der Waals surface area contributed by atoms with Crippen LogP contribution in [0.25, 0.3) is 0 Å². The third-order valence-corrected chi connectivity index (χ3v) is 5.56. The number of fused-ring (bicyclic) bond motifs is 1. The molecule has 0 spiro atoms. The number of likely N-dealkylation sites (tertiary alicyclic amines) is 1. The van der Waals surface area contributed by atoms with Crippen molar-refractivity contribution in [2.75, 3.05) is 26.2 Å². The van der Waals surface area contributed by atoms with Crippen molar-refractivity contribution < 1.29 is 0 Å².